The van der Waals surface area contributed by atoms with Crippen LogP contribution in [0, 0.1) is 0 Å². The lowest BCUT2D eigenvalue weighted by molar-refractivity contribution is -0.137. The lowest BCUT2D eigenvalue weighted by Gasteiger charge is -2.16. The molecule has 0 saturated carbocycles. The number of ether oxygens (including phenoxy) is 3. The van der Waals surface area contributed by atoms with Gasteiger partial charge in [-0.1, -0.05) is 19.9 Å². The summed E-state index contributed by atoms with van der Waals surface area (Å²) in [7, 11) is 0. The number of hydrogen-bond acceptors (Lipinski definition) is 5. The Hall–Kier alpha value is -2.04. The predicted octanol–water partition coefficient (Wildman–Crippen LogP) is 3.88. The van der Waals surface area contributed by atoms with E-state index in [0.29, 0.717) is 31.4 Å². The average molecular weight is 308 g/mol. The van der Waals surface area contributed by atoms with Crippen LogP contribution in [0.3, 0.4) is 0 Å². The van der Waals surface area contributed by atoms with Gasteiger partial charge in [-0.05, 0) is 38.8 Å². The SMILES string of the molecule is CCCC(=O)Oc1cccc(OC(C)C)c1OC(=O)CCC. The normalized spacial score (nSPS) is 10.4. The number of rotatable bonds is 8. The van der Waals surface area contributed by atoms with Crippen LogP contribution in [0.1, 0.15) is 53.4 Å². The first-order valence-electron chi connectivity index (χ1n) is 7.68. The fraction of sp³-hybridized carbons (Fsp3) is 0.529. The van der Waals surface area contributed by atoms with Gasteiger partial charge in [-0.3, -0.25) is 9.59 Å². The molecule has 0 aliphatic carbocycles. The monoisotopic (exact) mass is 308 g/mol. The molecular weight excluding hydrogens is 284 g/mol. The van der Waals surface area contributed by atoms with Crippen molar-refractivity contribution in [1.29, 1.82) is 0 Å². The van der Waals surface area contributed by atoms with Crippen molar-refractivity contribution in [2.45, 2.75) is 59.5 Å². The molecule has 0 bridgehead atoms. The summed E-state index contributed by atoms with van der Waals surface area (Å²) in [5.74, 6) is 0.0218. The highest BCUT2D eigenvalue weighted by molar-refractivity contribution is 5.77. The summed E-state index contributed by atoms with van der Waals surface area (Å²) >= 11 is 0. The smallest absolute Gasteiger partial charge is 0.311 e. The van der Waals surface area contributed by atoms with E-state index in [0.717, 1.165) is 0 Å². The number of carbonyl (C=O) groups excluding carboxylic acids is 2. The third kappa shape index (κ3) is 5.76. The van der Waals surface area contributed by atoms with Crippen LogP contribution in [0.2, 0.25) is 0 Å². The van der Waals surface area contributed by atoms with Crippen molar-refractivity contribution in [3.63, 3.8) is 0 Å². The van der Waals surface area contributed by atoms with E-state index in [4.69, 9.17) is 14.2 Å². The highest BCUT2D eigenvalue weighted by Crippen LogP contribution is 2.38. The van der Waals surface area contributed by atoms with Crippen molar-refractivity contribution < 1.29 is 23.8 Å². The quantitative estimate of drug-likeness (QED) is 0.538. The molecule has 0 unspecified atom stereocenters. The summed E-state index contributed by atoms with van der Waals surface area (Å²) in [5, 5.41) is 0. The Morgan fingerprint density at radius 3 is 2.05 bits per heavy atom. The third-order valence-corrected chi connectivity index (χ3v) is 2.65. The molecule has 0 atom stereocenters. The Kier molecular flexibility index (Phi) is 7.43. The van der Waals surface area contributed by atoms with Gasteiger partial charge in [0.25, 0.3) is 0 Å². The van der Waals surface area contributed by atoms with Crippen molar-refractivity contribution in [3.05, 3.63) is 18.2 Å². The van der Waals surface area contributed by atoms with Crippen molar-refractivity contribution in [3.8, 4) is 17.2 Å². The molecule has 0 fully saturated rings. The van der Waals surface area contributed by atoms with Crippen LogP contribution in [0.25, 0.3) is 0 Å². The fourth-order valence-corrected chi connectivity index (χ4v) is 1.77. The maximum absolute atomic E-state index is 11.8. The number of carbonyl (C=O) groups is 2. The van der Waals surface area contributed by atoms with Crippen molar-refractivity contribution >= 4 is 11.9 Å². The lowest BCUT2D eigenvalue weighted by Crippen LogP contribution is -2.14. The van der Waals surface area contributed by atoms with E-state index in [9.17, 15) is 9.59 Å². The topological polar surface area (TPSA) is 61.8 Å². The molecule has 0 aliphatic rings. The summed E-state index contributed by atoms with van der Waals surface area (Å²) in [4.78, 5) is 23.5. The van der Waals surface area contributed by atoms with Gasteiger partial charge in [0.05, 0.1) is 6.10 Å². The Morgan fingerprint density at radius 2 is 1.50 bits per heavy atom. The van der Waals surface area contributed by atoms with E-state index >= 15 is 0 Å². The van der Waals surface area contributed by atoms with Crippen LogP contribution in [-0.4, -0.2) is 18.0 Å². The highest BCUT2D eigenvalue weighted by atomic mass is 16.6. The number of para-hydroxylation sites is 1. The maximum atomic E-state index is 11.8. The molecule has 122 valence electrons. The van der Waals surface area contributed by atoms with Crippen LogP contribution in [-0.2, 0) is 9.59 Å². The molecule has 0 spiro atoms. The van der Waals surface area contributed by atoms with Gasteiger partial charge >= 0.3 is 11.9 Å². The maximum Gasteiger partial charge on any atom is 0.311 e. The molecule has 1 aromatic rings. The molecule has 1 rings (SSSR count). The molecule has 0 heterocycles. The van der Waals surface area contributed by atoms with Crippen LogP contribution in [0.4, 0.5) is 0 Å². The van der Waals surface area contributed by atoms with E-state index in [1.54, 1.807) is 18.2 Å². The number of hydrogen-bond donors (Lipinski definition) is 0. The highest BCUT2D eigenvalue weighted by Gasteiger charge is 2.19. The third-order valence-electron chi connectivity index (χ3n) is 2.65. The van der Waals surface area contributed by atoms with Crippen molar-refractivity contribution in [2.75, 3.05) is 0 Å². The van der Waals surface area contributed by atoms with Gasteiger partial charge in [0.1, 0.15) is 0 Å². The molecule has 0 radical (unpaired) electrons. The summed E-state index contributed by atoms with van der Waals surface area (Å²) in [5.41, 5.74) is 0. The molecule has 1 aromatic carbocycles. The van der Waals surface area contributed by atoms with Crippen LogP contribution >= 0.6 is 0 Å². The number of esters is 2. The largest absolute Gasteiger partial charge is 0.487 e. The Morgan fingerprint density at radius 1 is 0.955 bits per heavy atom. The molecule has 0 N–H and O–H groups in total. The van der Waals surface area contributed by atoms with Crippen LogP contribution < -0.4 is 14.2 Å². The first kappa shape index (κ1) is 18.0. The molecule has 5 nitrogen and oxygen atoms in total. The van der Waals surface area contributed by atoms with E-state index in [-0.39, 0.29) is 29.5 Å². The van der Waals surface area contributed by atoms with E-state index in [1.165, 1.54) is 0 Å². The zero-order valence-corrected chi connectivity index (χ0v) is 13.7. The van der Waals surface area contributed by atoms with Gasteiger partial charge in [0.2, 0.25) is 5.75 Å². The molecule has 0 aromatic heterocycles. The second kappa shape index (κ2) is 9.07. The predicted molar refractivity (Wildman–Crippen MR) is 83.3 cm³/mol. The Bertz CT molecular complexity index is 508. The lowest BCUT2D eigenvalue weighted by atomic mass is 10.2. The first-order valence-corrected chi connectivity index (χ1v) is 7.68. The van der Waals surface area contributed by atoms with Gasteiger partial charge in [-0.25, -0.2) is 0 Å². The van der Waals surface area contributed by atoms with Crippen molar-refractivity contribution in [2.24, 2.45) is 0 Å². The van der Waals surface area contributed by atoms with Gasteiger partial charge in [-0.15, -0.1) is 0 Å². The van der Waals surface area contributed by atoms with Gasteiger partial charge in [0, 0.05) is 12.8 Å². The summed E-state index contributed by atoms with van der Waals surface area (Å²) in [6.07, 6.45) is 1.86. The molecular formula is C17H24O5. The Balaban J connectivity index is 3.07. The second-order valence-corrected chi connectivity index (χ2v) is 5.20. The molecule has 22 heavy (non-hydrogen) atoms. The van der Waals surface area contributed by atoms with E-state index < -0.39 is 0 Å². The summed E-state index contributed by atoms with van der Waals surface area (Å²) < 4.78 is 16.3. The molecule has 5 heteroatoms. The van der Waals surface area contributed by atoms with Gasteiger partial charge < -0.3 is 14.2 Å². The summed E-state index contributed by atoms with van der Waals surface area (Å²) in [6, 6.07) is 4.98. The first-order chi connectivity index (χ1) is 10.5. The minimum atomic E-state index is -0.380. The number of benzene rings is 1. The standard InChI is InChI=1S/C17H24O5/c1-5-8-15(18)21-14-11-7-10-13(20-12(3)4)17(14)22-16(19)9-6-2/h7,10-12H,5-6,8-9H2,1-4H3. The zero-order valence-electron chi connectivity index (χ0n) is 13.7. The molecule has 0 saturated heterocycles. The fourth-order valence-electron chi connectivity index (χ4n) is 1.77. The Labute approximate surface area is 131 Å². The molecule has 0 amide bonds. The average Bonchev–Trinajstić information content (AvgIpc) is 2.42. The van der Waals surface area contributed by atoms with Crippen LogP contribution in [0.15, 0.2) is 18.2 Å². The van der Waals surface area contributed by atoms with E-state index in [2.05, 4.69) is 0 Å². The minimum Gasteiger partial charge on any atom is -0.487 e. The van der Waals surface area contributed by atoms with Gasteiger partial charge in [-0.2, -0.15) is 0 Å². The summed E-state index contributed by atoms with van der Waals surface area (Å²) in [6.45, 7) is 7.52. The van der Waals surface area contributed by atoms with Crippen LogP contribution in [0.5, 0.6) is 17.2 Å². The zero-order chi connectivity index (χ0) is 16.5. The van der Waals surface area contributed by atoms with E-state index in [1.807, 2.05) is 27.7 Å². The molecule has 0 aliphatic heterocycles. The van der Waals surface area contributed by atoms with Gasteiger partial charge in [0.15, 0.2) is 11.5 Å². The van der Waals surface area contributed by atoms with Crippen molar-refractivity contribution in [1.82, 2.24) is 0 Å². The second-order valence-electron chi connectivity index (χ2n) is 5.20. The minimum absolute atomic E-state index is 0.0924.